The molecule has 7 nitrogen and oxygen atoms in total. The lowest BCUT2D eigenvalue weighted by Gasteiger charge is -2.39. The molecule has 240 valence electrons. The van der Waals surface area contributed by atoms with E-state index in [0.717, 1.165) is 32.2 Å². The van der Waals surface area contributed by atoms with Gasteiger partial charge in [0, 0.05) is 25.2 Å². The Balaban J connectivity index is 4.11. The Hall–Kier alpha value is -1.89. The second-order valence-corrected chi connectivity index (χ2v) is 12.1. The van der Waals surface area contributed by atoms with Crippen molar-refractivity contribution in [3.63, 3.8) is 0 Å². The van der Waals surface area contributed by atoms with Gasteiger partial charge in [-0.1, -0.05) is 96.1 Å². The molecule has 0 unspecified atom stereocenters. The van der Waals surface area contributed by atoms with Crippen LogP contribution in [0.1, 0.15) is 161 Å². The number of unbranched alkanes of at least 4 members (excludes halogenated alkanes) is 16. The van der Waals surface area contributed by atoms with Crippen LogP contribution in [0.4, 0.5) is 0 Å². The molecule has 41 heavy (non-hydrogen) atoms. The summed E-state index contributed by atoms with van der Waals surface area (Å²) in [6.45, 7) is 5.02. The molecule has 0 aliphatic carbocycles. The van der Waals surface area contributed by atoms with Crippen LogP contribution in [0.3, 0.4) is 0 Å². The molecule has 0 spiro atoms. The van der Waals surface area contributed by atoms with Crippen molar-refractivity contribution in [3.8, 4) is 0 Å². The molecule has 0 rings (SSSR count). The first kappa shape index (κ1) is 39.1. The Kier molecular flexibility index (Phi) is 26.9. The monoisotopic (exact) mass is 581 g/mol. The summed E-state index contributed by atoms with van der Waals surface area (Å²) >= 11 is 0. The molecule has 0 aromatic heterocycles. The SMILES string of the molecule is CCCCCCCCCCCC/C=C/CCCCCCCC[N+](CCCC(=O)[O-])(CCCC(=O)O)CCCC(=O)O. The minimum Gasteiger partial charge on any atom is -0.550 e. The number of hydrogen-bond acceptors (Lipinski definition) is 4. The molecule has 0 atom stereocenters. The predicted octanol–water partition coefficient (Wildman–Crippen LogP) is 7.66. The van der Waals surface area contributed by atoms with Crippen LogP contribution in [0, 0.1) is 0 Å². The minimum absolute atomic E-state index is 0.0223. The minimum atomic E-state index is -1.08. The number of allylic oxidation sites excluding steroid dienone is 2. The van der Waals surface area contributed by atoms with E-state index in [-0.39, 0.29) is 19.3 Å². The van der Waals surface area contributed by atoms with Crippen LogP contribution in [0.25, 0.3) is 0 Å². The fourth-order valence-corrected chi connectivity index (χ4v) is 5.76. The van der Waals surface area contributed by atoms with Gasteiger partial charge in [-0.2, -0.15) is 0 Å². The zero-order valence-electron chi connectivity index (χ0n) is 26.4. The average molecular weight is 582 g/mol. The molecule has 0 aromatic carbocycles. The molecule has 0 saturated carbocycles. The first-order valence-corrected chi connectivity index (χ1v) is 16.9. The first-order chi connectivity index (χ1) is 19.8. The Bertz CT molecular complexity index is 628. The summed E-state index contributed by atoms with van der Waals surface area (Å²) in [5, 5.41) is 29.1. The summed E-state index contributed by atoms with van der Waals surface area (Å²) in [6.07, 6.45) is 29.4. The fourth-order valence-electron chi connectivity index (χ4n) is 5.76. The summed E-state index contributed by atoms with van der Waals surface area (Å²) in [5.41, 5.74) is 0. The quantitative estimate of drug-likeness (QED) is 0.0479. The van der Waals surface area contributed by atoms with Gasteiger partial charge in [0.25, 0.3) is 0 Å². The molecule has 0 amide bonds. The lowest BCUT2D eigenvalue weighted by Crippen LogP contribution is -2.51. The number of quaternary nitrogens is 1. The van der Waals surface area contributed by atoms with Crippen molar-refractivity contribution >= 4 is 17.9 Å². The molecular formula is C34H63NO6. The van der Waals surface area contributed by atoms with Gasteiger partial charge in [0.2, 0.25) is 0 Å². The molecule has 7 heteroatoms. The Morgan fingerprint density at radius 1 is 0.512 bits per heavy atom. The normalized spacial score (nSPS) is 11.8. The van der Waals surface area contributed by atoms with E-state index in [2.05, 4.69) is 19.1 Å². The molecule has 0 fully saturated rings. The maximum absolute atomic E-state index is 11.1. The summed E-state index contributed by atoms with van der Waals surface area (Å²) in [5.74, 6) is -2.75. The second-order valence-electron chi connectivity index (χ2n) is 12.1. The smallest absolute Gasteiger partial charge is 0.303 e. The molecule has 0 aromatic rings. The lowest BCUT2D eigenvalue weighted by molar-refractivity contribution is -0.929. The van der Waals surface area contributed by atoms with Gasteiger partial charge in [0.1, 0.15) is 0 Å². The van der Waals surface area contributed by atoms with Crippen molar-refractivity contribution in [2.75, 3.05) is 26.2 Å². The van der Waals surface area contributed by atoms with Crippen LogP contribution >= 0.6 is 0 Å². The Morgan fingerprint density at radius 3 is 1.24 bits per heavy atom. The molecule has 0 heterocycles. The van der Waals surface area contributed by atoms with E-state index in [4.69, 9.17) is 10.2 Å². The molecule has 0 bridgehead atoms. The van der Waals surface area contributed by atoms with Gasteiger partial charge in [-0.3, -0.25) is 9.59 Å². The van der Waals surface area contributed by atoms with Crippen molar-refractivity contribution in [2.45, 2.75) is 161 Å². The first-order valence-electron chi connectivity index (χ1n) is 16.9. The third kappa shape index (κ3) is 28.0. The summed E-state index contributed by atoms with van der Waals surface area (Å²) in [6, 6.07) is 0. The van der Waals surface area contributed by atoms with Crippen LogP contribution in [0.2, 0.25) is 0 Å². The van der Waals surface area contributed by atoms with Crippen molar-refractivity contribution in [1.29, 1.82) is 0 Å². The highest BCUT2D eigenvalue weighted by Crippen LogP contribution is 2.18. The average Bonchev–Trinajstić information content (AvgIpc) is 2.91. The maximum Gasteiger partial charge on any atom is 0.303 e. The number of carbonyl (C=O) groups is 3. The van der Waals surface area contributed by atoms with E-state index in [1.165, 1.54) is 89.9 Å². The maximum atomic E-state index is 11.1. The fraction of sp³-hybridized carbons (Fsp3) is 0.853. The number of rotatable bonds is 32. The largest absolute Gasteiger partial charge is 0.550 e. The third-order valence-corrected chi connectivity index (χ3v) is 8.20. The van der Waals surface area contributed by atoms with E-state index in [1.807, 2.05) is 0 Å². The molecular weight excluding hydrogens is 518 g/mol. The standard InChI is InChI=1S/C34H63NO6/c1-2-3-4-5-6-7-8-9-10-11-12-13-14-15-16-17-18-19-20-21-28-35(29-22-25-32(36)37,30-23-26-33(38)39)31-24-27-34(40)41/h13-14H,2-12,15-31H2,1H3,(H2-,36,37,38,39,40,41)/b14-13+. The van der Waals surface area contributed by atoms with Gasteiger partial charge >= 0.3 is 11.9 Å². The zero-order chi connectivity index (χ0) is 30.4. The van der Waals surface area contributed by atoms with Crippen LogP contribution < -0.4 is 5.11 Å². The number of carbonyl (C=O) groups excluding carboxylic acids is 1. The van der Waals surface area contributed by atoms with E-state index in [0.29, 0.717) is 43.4 Å². The molecule has 0 saturated heterocycles. The highest BCUT2D eigenvalue weighted by molar-refractivity contribution is 5.66. The summed E-state index contributed by atoms with van der Waals surface area (Å²) in [7, 11) is 0. The van der Waals surface area contributed by atoms with E-state index in [9.17, 15) is 19.5 Å². The van der Waals surface area contributed by atoms with Gasteiger partial charge < -0.3 is 24.6 Å². The summed E-state index contributed by atoms with van der Waals surface area (Å²) < 4.78 is 0.609. The Morgan fingerprint density at radius 2 is 0.854 bits per heavy atom. The van der Waals surface area contributed by atoms with Gasteiger partial charge in [0.15, 0.2) is 0 Å². The van der Waals surface area contributed by atoms with E-state index >= 15 is 0 Å². The van der Waals surface area contributed by atoms with Crippen molar-refractivity contribution in [2.24, 2.45) is 0 Å². The van der Waals surface area contributed by atoms with Crippen molar-refractivity contribution in [1.82, 2.24) is 0 Å². The van der Waals surface area contributed by atoms with E-state index < -0.39 is 17.9 Å². The van der Waals surface area contributed by atoms with Crippen LogP contribution in [-0.2, 0) is 14.4 Å². The molecule has 0 aliphatic rings. The predicted molar refractivity (Wildman–Crippen MR) is 166 cm³/mol. The van der Waals surface area contributed by atoms with Gasteiger partial charge in [-0.25, -0.2) is 0 Å². The van der Waals surface area contributed by atoms with Crippen molar-refractivity contribution in [3.05, 3.63) is 12.2 Å². The number of hydrogen-bond donors (Lipinski definition) is 2. The molecule has 0 radical (unpaired) electrons. The van der Waals surface area contributed by atoms with Crippen LogP contribution in [-0.4, -0.2) is 58.8 Å². The molecule has 2 N–H and O–H groups in total. The zero-order valence-corrected chi connectivity index (χ0v) is 26.4. The highest BCUT2D eigenvalue weighted by atomic mass is 16.4. The molecule has 0 aliphatic heterocycles. The van der Waals surface area contributed by atoms with Gasteiger partial charge in [-0.15, -0.1) is 0 Å². The van der Waals surface area contributed by atoms with Crippen LogP contribution in [0.15, 0.2) is 12.2 Å². The third-order valence-electron chi connectivity index (χ3n) is 8.20. The summed E-state index contributed by atoms with van der Waals surface area (Å²) in [4.78, 5) is 33.1. The van der Waals surface area contributed by atoms with Gasteiger partial charge in [-0.05, 0) is 44.9 Å². The number of aliphatic carboxylic acids is 3. The van der Waals surface area contributed by atoms with Gasteiger partial charge in [0.05, 0.1) is 39.0 Å². The second kappa shape index (κ2) is 28.2. The van der Waals surface area contributed by atoms with E-state index in [1.54, 1.807) is 0 Å². The number of carboxylic acid groups (broad SMARTS) is 3. The highest BCUT2D eigenvalue weighted by Gasteiger charge is 2.26. The van der Waals surface area contributed by atoms with Crippen LogP contribution in [0.5, 0.6) is 0 Å². The lowest BCUT2D eigenvalue weighted by atomic mass is 10.1. The van der Waals surface area contributed by atoms with Crippen molar-refractivity contribution < 1.29 is 34.2 Å². The topological polar surface area (TPSA) is 115 Å². The Labute approximate surface area is 251 Å². The number of nitrogens with zero attached hydrogens (tertiary/aromatic N) is 1. The number of carboxylic acids is 3.